The maximum absolute atomic E-state index is 13.8. The van der Waals surface area contributed by atoms with Gasteiger partial charge in [-0.05, 0) is 42.7 Å². The molecule has 5 heteroatoms. The van der Waals surface area contributed by atoms with Gasteiger partial charge in [-0.25, -0.2) is 0 Å². The fourth-order valence-electron chi connectivity index (χ4n) is 4.68. The van der Waals surface area contributed by atoms with E-state index in [0.717, 1.165) is 27.6 Å². The van der Waals surface area contributed by atoms with Gasteiger partial charge in [0.15, 0.2) is 0 Å². The van der Waals surface area contributed by atoms with Crippen molar-refractivity contribution in [3.8, 4) is 0 Å². The fourth-order valence-corrected chi connectivity index (χ4v) is 4.68. The Morgan fingerprint density at radius 2 is 1.67 bits per heavy atom. The number of rotatable bonds is 5. The topological polar surface area (TPSA) is 54.3 Å². The Morgan fingerprint density at radius 1 is 0.970 bits per heavy atom. The van der Waals surface area contributed by atoms with Crippen molar-refractivity contribution in [3.05, 3.63) is 107 Å². The standard InChI is InChI=1S/C28H27N3O2/c1-20-10-6-7-14-23(20)18-31-26(32)25-16-22-13-8-9-15-24(22)30(25)19-28(31,2)27(33)29-17-21-11-4-3-5-12-21/h3-16H,17-19H2,1-2H3,(H,29,33)/t28-/m1/s1. The largest absolute Gasteiger partial charge is 0.350 e. The van der Waals surface area contributed by atoms with Crippen LogP contribution in [0.25, 0.3) is 10.9 Å². The molecule has 5 rings (SSSR count). The number of carbonyl (C=O) groups is 2. The normalized spacial score (nSPS) is 17.8. The summed E-state index contributed by atoms with van der Waals surface area (Å²) in [6, 6.07) is 27.7. The second-order valence-electron chi connectivity index (χ2n) is 8.93. The predicted octanol–water partition coefficient (Wildman–Crippen LogP) is 4.68. The van der Waals surface area contributed by atoms with E-state index < -0.39 is 5.54 Å². The van der Waals surface area contributed by atoms with Crippen LogP contribution in [0.2, 0.25) is 0 Å². The molecule has 166 valence electrons. The van der Waals surface area contributed by atoms with Gasteiger partial charge in [0.25, 0.3) is 5.91 Å². The minimum Gasteiger partial charge on any atom is -0.350 e. The highest BCUT2D eigenvalue weighted by Gasteiger charge is 2.47. The molecule has 0 aliphatic carbocycles. The van der Waals surface area contributed by atoms with E-state index in [0.29, 0.717) is 25.3 Å². The number of amides is 2. The summed E-state index contributed by atoms with van der Waals surface area (Å²) >= 11 is 0. The molecule has 1 aliphatic rings. The van der Waals surface area contributed by atoms with Crippen molar-refractivity contribution >= 4 is 22.7 Å². The molecule has 0 saturated carbocycles. The molecule has 1 atom stereocenters. The Labute approximate surface area is 193 Å². The molecular weight excluding hydrogens is 410 g/mol. The Morgan fingerprint density at radius 3 is 2.45 bits per heavy atom. The molecule has 5 nitrogen and oxygen atoms in total. The summed E-state index contributed by atoms with van der Waals surface area (Å²) in [5.74, 6) is -0.283. The van der Waals surface area contributed by atoms with Gasteiger partial charge in [-0.15, -0.1) is 0 Å². The van der Waals surface area contributed by atoms with E-state index in [1.54, 1.807) is 4.90 Å². The number of aryl methyl sites for hydroxylation is 1. The zero-order chi connectivity index (χ0) is 23.0. The zero-order valence-electron chi connectivity index (χ0n) is 18.9. The summed E-state index contributed by atoms with van der Waals surface area (Å²) in [5.41, 5.74) is 3.72. The van der Waals surface area contributed by atoms with Crippen LogP contribution in [0, 0.1) is 6.92 Å². The Bertz CT molecular complexity index is 1340. The average Bonchev–Trinajstić information content (AvgIpc) is 3.20. The number of nitrogens with zero attached hydrogens (tertiary/aromatic N) is 2. The second kappa shape index (κ2) is 8.24. The van der Waals surface area contributed by atoms with Gasteiger partial charge in [0.05, 0.1) is 6.54 Å². The molecule has 3 aromatic carbocycles. The molecule has 4 aromatic rings. The van der Waals surface area contributed by atoms with Gasteiger partial charge < -0.3 is 14.8 Å². The number of benzene rings is 3. The molecule has 1 aromatic heterocycles. The maximum atomic E-state index is 13.8. The number of para-hydroxylation sites is 1. The summed E-state index contributed by atoms with van der Waals surface area (Å²) in [5, 5.41) is 4.09. The number of hydrogen-bond donors (Lipinski definition) is 1. The van der Waals surface area contributed by atoms with Gasteiger partial charge in [0.1, 0.15) is 11.2 Å². The molecule has 0 spiro atoms. The van der Waals surface area contributed by atoms with Crippen molar-refractivity contribution in [1.82, 2.24) is 14.8 Å². The van der Waals surface area contributed by atoms with E-state index in [-0.39, 0.29) is 11.8 Å². The number of fused-ring (bicyclic) bond motifs is 3. The fraction of sp³-hybridized carbons (Fsp3) is 0.214. The average molecular weight is 438 g/mol. The first-order valence-corrected chi connectivity index (χ1v) is 11.2. The van der Waals surface area contributed by atoms with Gasteiger partial charge >= 0.3 is 0 Å². The third kappa shape index (κ3) is 3.69. The van der Waals surface area contributed by atoms with Crippen LogP contribution in [0.3, 0.4) is 0 Å². The van der Waals surface area contributed by atoms with Gasteiger partial charge in [0, 0.05) is 24.0 Å². The molecule has 33 heavy (non-hydrogen) atoms. The van der Waals surface area contributed by atoms with Crippen LogP contribution in [0.5, 0.6) is 0 Å². The molecule has 2 heterocycles. The van der Waals surface area contributed by atoms with Crippen LogP contribution in [0.15, 0.2) is 84.9 Å². The van der Waals surface area contributed by atoms with Gasteiger partial charge in [-0.1, -0.05) is 72.8 Å². The van der Waals surface area contributed by atoms with Crippen molar-refractivity contribution in [2.24, 2.45) is 0 Å². The summed E-state index contributed by atoms with van der Waals surface area (Å²) in [4.78, 5) is 29.2. The minimum atomic E-state index is -1.04. The summed E-state index contributed by atoms with van der Waals surface area (Å²) in [6.45, 7) is 5.10. The van der Waals surface area contributed by atoms with Crippen molar-refractivity contribution < 1.29 is 9.59 Å². The molecule has 1 aliphatic heterocycles. The lowest BCUT2D eigenvalue weighted by atomic mass is 9.93. The number of carbonyl (C=O) groups excluding carboxylic acids is 2. The first kappa shape index (κ1) is 21.0. The predicted molar refractivity (Wildman–Crippen MR) is 130 cm³/mol. The van der Waals surface area contributed by atoms with E-state index in [1.165, 1.54) is 0 Å². The lowest BCUT2D eigenvalue weighted by molar-refractivity contribution is -0.133. The highest BCUT2D eigenvalue weighted by Crippen LogP contribution is 2.33. The third-order valence-corrected chi connectivity index (χ3v) is 6.71. The number of nitrogens with one attached hydrogen (secondary N) is 1. The van der Waals surface area contributed by atoms with Crippen LogP contribution in [0.1, 0.15) is 34.1 Å². The van der Waals surface area contributed by atoms with Crippen LogP contribution < -0.4 is 5.32 Å². The van der Waals surface area contributed by atoms with E-state index in [1.807, 2.05) is 103 Å². The molecule has 0 saturated heterocycles. The van der Waals surface area contributed by atoms with E-state index in [9.17, 15) is 9.59 Å². The smallest absolute Gasteiger partial charge is 0.271 e. The number of aromatic nitrogens is 1. The molecular formula is C28H27N3O2. The van der Waals surface area contributed by atoms with Crippen LogP contribution >= 0.6 is 0 Å². The van der Waals surface area contributed by atoms with Crippen LogP contribution in [0.4, 0.5) is 0 Å². The van der Waals surface area contributed by atoms with Crippen LogP contribution in [-0.2, 0) is 24.4 Å². The van der Waals surface area contributed by atoms with E-state index >= 15 is 0 Å². The van der Waals surface area contributed by atoms with Crippen molar-refractivity contribution in [2.45, 2.75) is 39.0 Å². The zero-order valence-corrected chi connectivity index (χ0v) is 18.9. The van der Waals surface area contributed by atoms with Crippen molar-refractivity contribution in [1.29, 1.82) is 0 Å². The minimum absolute atomic E-state index is 0.127. The highest BCUT2D eigenvalue weighted by atomic mass is 16.2. The Kier molecular flexibility index (Phi) is 5.25. The van der Waals surface area contributed by atoms with Gasteiger partial charge in [-0.2, -0.15) is 0 Å². The molecule has 0 bridgehead atoms. The van der Waals surface area contributed by atoms with E-state index in [2.05, 4.69) is 5.32 Å². The van der Waals surface area contributed by atoms with Crippen LogP contribution in [-0.4, -0.2) is 26.8 Å². The van der Waals surface area contributed by atoms with Gasteiger partial charge in [0.2, 0.25) is 5.91 Å². The Balaban J connectivity index is 1.55. The highest BCUT2D eigenvalue weighted by molar-refractivity contribution is 6.03. The SMILES string of the molecule is Cc1ccccc1CN1C(=O)c2cc3ccccc3n2C[C@]1(C)C(=O)NCc1ccccc1. The van der Waals surface area contributed by atoms with Crippen molar-refractivity contribution in [3.63, 3.8) is 0 Å². The molecule has 2 amide bonds. The molecule has 0 fully saturated rings. The lowest BCUT2D eigenvalue weighted by Crippen LogP contribution is -2.63. The van der Waals surface area contributed by atoms with Crippen molar-refractivity contribution in [2.75, 3.05) is 0 Å². The molecule has 1 N–H and O–H groups in total. The third-order valence-electron chi connectivity index (χ3n) is 6.71. The number of hydrogen-bond acceptors (Lipinski definition) is 2. The first-order chi connectivity index (χ1) is 16.0. The molecule has 0 unspecified atom stereocenters. The van der Waals surface area contributed by atoms with E-state index in [4.69, 9.17) is 0 Å². The lowest BCUT2D eigenvalue weighted by Gasteiger charge is -2.44. The quantitative estimate of drug-likeness (QED) is 0.493. The molecule has 0 radical (unpaired) electrons. The summed E-state index contributed by atoms with van der Waals surface area (Å²) < 4.78 is 1.99. The summed E-state index contributed by atoms with van der Waals surface area (Å²) in [7, 11) is 0. The summed E-state index contributed by atoms with van der Waals surface area (Å²) in [6.07, 6.45) is 0. The van der Waals surface area contributed by atoms with Gasteiger partial charge in [-0.3, -0.25) is 9.59 Å². The first-order valence-electron chi connectivity index (χ1n) is 11.2. The Hall–Kier alpha value is -3.86. The second-order valence-corrected chi connectivity index (χ2v) is 8.93. The monoisotopic (exact) mass is 437 g/mol. The maximum Gasteiger partial charge on any atom is 0.271 e.